The fourth-order valence-electron chi connectivity index (χ4n) is 4.37. The van der Waals surface area contributed by atoms with Gasteiger partial charge in [-0.3, -0.25) is 5.10 Å². The predicted molar refractivity (Wildman–Crippen MR) is 89.2 cm³/mol. The van der Waals surface area contributed by atoms with E-state index in [1.165, 1.54) is 0 Å². The molecule has 0 saturated carbocycles. The molecular formula is C17H30N4O2. The first-order valence-electron chi connectivity index (χ1n) is 8.54. The van der Waals surface area contributed by atoms with Gasteiger partial charge in [-0.1, -0.05) is 20.8 Å². The van der Waals surface area contributed by atoms with Crippen molar-refractivity contribution in [2.45, 2.75) is 44.2 Å². The van der Waals surface area contributed by atoms with Crippen molar-refractivity contribution in [1.29, 1.82) is 0 Å². The quantitative estimate of drug-likeness (QED) is 0.654. The van der Waals surface area contributed by atoms with Crippen LogP contribution in [-0.2, 0) is 5.41 Å². The fraction of sp³-hybridized carbons (Fsp3) is 0.824. The zero-order valence-electron chi connectivity index (χ0n) is 14.6. The lowest BCUT2D eigenvalue weighted by molar-refractivity contribution is 0.0992. The first-order chi connectivity index (χ1) is 10.8. The molecule has 0 aliphatic carbocycles. The molecule has 4 N–H and O–H groups in total. The first-order valence-corrected chi connectivity index (χ1v) is 8.54. The third-order valence-electron chi connectivity index (χ3n) is 5.67. The van der Waals surface area contributed by atoms with Gasteiger partial charge in [-0.15, -0.1) is 0 Å². The Balaban J connectivity index is 1.92. The topological polar surface area (TPSA) is 84.4 Å². The second-order valence-electron chi connectivity index (χ2n) is 8.36. The van der Waals surface area contributed by atoms with Crippen LogP contribution in [0.15, 0.2) is 6.07 Å². The maximum absolute atomic E-state index is 10.1. The van der Waals surface area contributed by atoms with Crippen LogP contribution in [0.25, 0.3) is 0 Å². The van der Waals surface area contributed by atoms with E-state index < -0.39 is 5.54 Å². The van der Waals surface area contributed by atoms with E-state index in [0.29, 0.717) is 18.3 Å². The molecule has 4 atom stereocenters. The van der Waals surface area contributed by atoms with Crippen molar-refractivity contribution in [2.75, 3.05) is 33.4 Å². The van der Waals surface area contributed by atoms with Crippen LogP contribution >= 0.6 is 0 Å². The molecule has 2 fully saturated rings. The Morgan fingerprint density at radius 1 is 1.35 bits per heavy atom. The zero-order chi connectivity index (χ0) is 16.8. The Morgan fingerprint density at radius 3 is 2.65 bits per heavy atom. The van der Waals surface area contributed by atoms with Crippen LogP contribution in [0, 0.1) is 11.8 Å². The van der Waals surface area contributed by atoms with Crippen LogP contribution in [0.4, 0.5) is 0 Å². The van der Waals surface area contributed by atoms with Gasteiger partial charge in [0.1, 0.15) is 0 Å². The number of fused-ring (bicyclic) bond motifs is 1. The highest BCUT2D eigenvalue weighted by Crippen LogP contribution is 2.47. The summed E-state index contributed by atoms with van der Waals surface area (Å²) in [7, 11) is 2.13. The normalized spacial score (nSPS) is 35.0. The van der Waals surface area contributed by atoms with Crippen LogP contribution in [0.2, 0.25) is 0 Å². The van der Waals surface area contributed by atoms with Gasteiger partial charge in [0.05, 0.1) is 24.0 Å². The molecule has 0 spiro atoms. The maximum atomic E-state index is 10.1. The molecule has 6 heteroatoms. The average molecular weight is 322 g/mol. The SMILES string of the molecule is CN1C[C@H]2[C@@H](C1)[C@](CO)(CCO)N[C@H]2c1cc(C(C)(C)C)n[nH]1. The Kier molecular flexibility index (Phi) is 4.29. The summed E-state index contributed by atoms with van der Waals surface area (Å²) >= 11 is 0. The molecule has 1 aromatic rings. The molecule has 2 aliphatic rings. The van der Waals surface area contributed by atoms with Gasteiger partial charge in [0.2, 0.25) is 0 Å². The van der Waals surface area contributed by atoms with E-state index in [4.69, 9.17) is 0 Å². The lowest BCUT2D eigenvalue weighted by atomic mass is 9.79. The molecule has 0 unspecified atom stereocenters. The molecular weight excluding hydrogens is 292 g/mol. The minimum atomic E-state index is -0.401. The van der Waals surface area contributed by atoms with Crippen molar-refractivity contribution in [3.8, 4) is 0 Å². The third kappa shape index (κ3) is 2.82. The number of hydrogen-bond acceptors (Lipinski definition) is 5. The lowest BCUT2D eigenvalue weighted by Crippen LogP contribution is -2.51. The largest absolute Gasteiger partial charge is 0.396 e. The Hall–Kier alpha value is -0.950. The molecule has 0 bridgehead atoms. The second-order valence-corrected chi connectivity index (χ2v) is 8.36. The predicted octanol–water partition coefficient (Wildman–Crippen LogP) is 0.643. The van der Waals surface area contributed by atoms with Gasteiger partial charge in [-0.05, 0) is 31.4 Å². The highest BCUT2D eigenvalue weighted by Gasteiger charge is 2.56. The highest BCUT2D eigenvalue weighted by atomic mass is 16.3. The van der Waals surface area contributed by atoms with Gasteiger partial charge in [-0.25, -0.2) is 0 Å². The molecule has 0 aromatic carbocycles. The Labute approximate surface area is 138 Å². The molecule has 2 aliphatic heterocycles. The second kappa shape index (κ2) is 5.84. The Morgan fingerprint density at radius 2 is 2.09 bits per heavy atom. The summed E-state index contributed by atoms with van der Waals surface area (Å²) in [5, 5.41) is 30.9. The van der Waals surface area contributed by atoms with Gasteiger partial charge in [0, 0.05) is 30.7 Å². The van der Waals surface area contributed by atoms with Crippen LogP contribution in [0.5, 0.6) is 0 Å². The van der Waals surface area contributed by atoms with Gasteiger partial charge in [-0.2, -0.15) is 5.10 Å². The van der Waals surface area contributed by atoms with Crippen LogP contribution in [0.1, 0.15) is 44.6 Å². The molecule has 6 nitrogen and oxygen atoms in total. The summed E-state index contributed by atoms with van der Waals surface area (Å²) in [6, 6.07) is 2.30. The Bertz CT molecular complexity index is 553. The summed E-state index contributed by atoms with van der Waals surface area (Å²) in [6.45, 7) is 8.57. The summed E-state index contributed by atoms with van der Waals surface area (Å²) < 4.78 is 0. The molecule has 130 valence electrons. The number of nitrogens with one attached hydrogen (secondary N) is 2. The summed E-state index contributed by atoms with van der Waals surface area (Å²) in [4.78, 5) is 2.33. The van der Waals surface area contributed by atoms with Gasteiger partial charge in [0.25, 0.3) is 0 Å². The molecule has 3 rings (SSSR count). The summed E-state index contributed by atoms with van der Waals surface area (Å²) in [5.74, 6) is 0.767. The zero-order valence-corrected chi connectivity index (χ0v) is 14.6. The van der Waals surface area contributed by atoms with Crippen LogP contribution in [-0.4, -0.2) is 64.2 Å². The lowest BCUT2D eigenvalue weighted by Gasteiger charge is -2.33. The van der Waals surface area contributed by atoms with E-state index in [9.17, 15) is 10.2 Å². The van der Waals surface area contributed by atoms with E-state index in [1.807, 2.05) is 0 Å². The molecule has 3 heterocycles. The van der Waals surface area contributed by atoms with Crippen molar-refractivity contribution in [2.24, 2.45) is 11.8 Å². The number of aromatic amines is 1. The number of likely N-dealkylation sites (tertiary alicyclic amines) is 1. The smallest absolute Gasteiger partial charge is 0.0678 e. The number of nitrogens with zero attached hydrogens (tertiary/aromatic N) is 2. The summed E-state index contributed by atoms with van der Waals surface area (Å²) in [5.41, 5.74) is 1.76. The number of H-pyrrole nitrogens is 1. The monoisotopic (exact) mass is 322 g/mol. The molecule has 2 saturated heterocycles. The van der Waals surface area contributed by atoms with Gasteiger partial charge < -0.3 is 20.4 Å². The number of rotatable bonds is 4. The van der Waals surface area contributed by atoms with Crippen LogP contribution < -0.4 is 5.32 Å². The van der Waals surface area contributed by atoms with Crippen LogP contribution in [0.3, 0.4) is 0 Å². The molecule has 0 amide bonds. The highest BCUT2D eigenvalue weighted by molar-refractivity contribution is 5.24. The van der Waals surface area contributed by atoms with E-state index in [2.05, 4.69) is 54.3 Å². The molecule has 1 aromatic heterocycles. The standard InChI is InChI=1S/C17H30N4O2/c1-16(2,3)14-7-13(19-20-14)15-11-8-21(4)9-12(11)17(10-23,18-15)5-6-22/h7,11-12,15,18,22-23H,5-6,8-10H2,1-4H3,(H,19,20)/t11-,12+,15+,17+/m0/s1. The first kappa shape index (κ1) is 16.9. The number of aromatic nitrogens is 2. The van der Waals surface area contributed by atoms with Gasteiger partial charge >= 0.3 is 0 Å². The third-order valence-corrected chi connectivity index (χ3v) is 5.67. The van der Waals surface area contributed by atoms with Crippen molar-refractivity contribution in [3.63, 3.8) is 0 Å². The van der Waals surface area contributed by atoms with E-state index in [-0.39, 0.29) is 24.7 Å². The average Bonchev–Trinajstić information content (AvgIpc) is 3.14. The van der Waals surface area contributed by atoms with E-state index in [1.54, 1.807) is 0 Å². The number of hydrogen-bond donors (Lipinski definition) is 4. The molecule has 0 radical (unpaired) electrons. The van der Waals surface area contributed by atoms with Crippen molar-refractivity contribution >= 4 is 0 Å². The minimum absolute atomic E-state index is 0.0123. The summed E-state index contributed by atoms with van der Waals surface area (Å²) in [6.07, 6.45) is 0.579. The molecule has 23 heavy (non-hydrogen) atoms. The van der Waals surface area contributed by atoms with E-state index in [0.717, 1.165) is 24.5 Å². The minimum Gasteiger partial charge on any atom is -0.396 e. The maximum Gasteiger partial charge on any atom is 0.0678 e. The fourth-order valence-corrected chi connectivity index (χ4v) is 4.37. The van der Waals surface area contributed by atoms with Crippen molar-refractivity contribution in [1.82, 2.24) is 20.4 Å². The van der Waals surface area contributed by atoms with Gasteiger partial charge in [0.15, 0.2) is 0 Å². The van der Waals surface area contributed by atoms with Crippen molar-refractivity contribution in [3.05, 3.63) is 17.5 Å². The number of aliphatic hydroxyl groups excluding tert-OH is 2. The number of aliphatic hydroxyl groups is 2. The van der Waals surface area contributed by atoms with Crippen molar-refractivity contribution < 1.29 is 10.2 Å². The van der Waals surface area contributed by atoms with E-state index >= 15 is 0 Å².